The maximum absolute atomic E-state index is 12.8. The minimum Gasteiger partial charge on any atom is -0.342 e. The minimum atomic E-state index is 0.123. The van der Waals surface area contributed by atoms with Gasteiger partial charge in [0.05, 0.1) is 6.42 Å². The third-order valence-electron chi connectivity index (χ3n) is 6.12. The first-order valence-electron chi connectivity index (χ1n) is 10.5. The Kier molecular flexibility index (Phi) is 5.65. The SMILES string of the molecule is CC(=O)N1CCCC(c2nnc3n2CCN(C(=O)Cc2ccc(C)cc2)CC3)C1. The lowest BCUT2D eigenvalue weighted by atomic mass is 9.97. The van der Waals surface area contributed by atoms with E-state index in [-0.39, 0.29) is 17.7 Å². The van der Waals surface area contributed by atoms with Crippen LogP contribution in [0.4, 0.5) is 0 Å². The first kappa shape index (κ1) is 19.6. The van der Waals surface area contributed by atoms with E-state index in [9.17, 15) is 9.59 Å². The van der Waals surface area contributed by atoms with Gasteiger partial charge in [-0.3, -0.25) is 9.59 Å². The number of likely N-dealkylation sites (tertiary alicyclic amines) is 1. The van der Waals surface area contributed by atoms with Crippen LogP contribution < -0.4 is 0 Å². The third kappa shape index (κ3) is 4.33. The smallest absolute Gasteiger partial charge is 0.227 e. The van der Waals surface area contributed by atoms with Gasteiger partial charge in [0.1, 0.15) is 11.6 Å². The lowest BCUT2D eigenvalue weighted by molar-refractivity contribution is -0.131. The summed E-state index contributed by atoms with van der Waals surface area (Å²) in [4.78, 5) is 28.5. The molecule has 2 aromatic rings. The van der Waals surface area contributed by atoms with Crippen LogP contribution in [0, 0.1) is 6.92 Å². The van der Waals surface area contributed by atoms with E-state index in [0.29, 0.717) is 32.6 Å². The highest BCUT2D eigenvalue weighted by Crippen LogP contribution is 2.27. The normalized spacial score (nSPS) is 19.6. The topological polar surface area (TPSA) is 71.3 Å². The van der Waals surface area contributed by atoms with Gasteiger partial charge in [0.15, 0.2) is 0 Å². The summed E-state index contributed by atoms with van der Waals surface area (Å²) < 4.78 is 2.19. The van der Waals surface area contributed by atoms with Crippen LogP contribution in [0.25, 0.3) is 0 Å². The number of nitrogens with zero attached hydrogens (tertiary/aromatic N) is 5. The Morgan fingerprint density at radius 1 is 1.03 bits per heavy atom. The number of amides is 2. The van der Waals surface area contributed by atoms with Gasteiger partial charge >= 0.3 is 0 Å². The molecule has 1 saturated heterocycles. The van der Waals surface area contributed by atoms with Crippen LogP contribution in [0.1, 0.15) is 48.5 Å². The lowest BCUT2D eigenvalue weighted by Crippen LogP contribution is -2.38. The van der Waals surface area contributed by atoms with Crippen LogP contribution >= 0.6 is 0 Å². The van der Waals surface area contributed by atoms with Gasteiger partial charge in [-0.2, -0.15) is 0 Å². The molecular weight excluding hydrogens is 366 g/mol. The standard InChI is InChI=1S/C22H29N5O2/c1-16-5-7-18(8-6-16)14-21(29)25-11-9-20-23-24-22(27(20)13-12-25)19-4-3-10-26(15-19)17(2)28/h5-8,19H,3-4,9-15H2,1-2H3. The number of hydrogen-bond donors (Lipinski definition) is 0. The van der Waals surface area contributed by atoms with Gasteiger partial charge in [-0.1, -0.05) is 29.8 Å². The van der Waals surface area contributed by atoms with Crippen molar-refractivity contribution >= 4 is 11.8 Å². The van der Waals surface area contributed by atoms with Crippen LogP contribution in [0.3, 0.4) is 0 Å². The molecule has 0 radical (unpaired) electrons. The number of fused-ring (bicyclic) bond motifs is 1. The summed E-state index contributed by atoms with van der Waals surface area (Å²) in [5, 5.41) is 8.90. The second kappa shape index (κ2) is 8.35. The number of piperidine rings is 1. The summed E-state index contributed by atoms with van der Waals surface area (Å²) in [5.41, 5.74) is 2.25. The van der Waals surface area contributed by atoms with Crippen LogP contribution in [0.5, 0.6) is 0 Å². The van der Waals surface area contributed by atoms with Crippen molar-refractivity contribution in [2.45, 2.75) is 52.0 Å². The first-order valence-corrected chi connectivity index (χ1v) is 10.5. The average molecular weight is 396 g/mol. The highest BCUT2D eigenvalue weighted by atomic mass is 16.2. The van der Waals surface area contributed by atoms with Gasteiger partial charge in [-0.25, -0.2) is 0 Å². The molecule has 1 unspecified atom stereocenters. The fourth-order valence-corrected chi connectivity index (χ4v) is 4.36. The monoisotopic (exact) mass is 395 g/mol. The average Bonchev–Trinajstić information content (AvgIpc) is 3.01. The highest BCUT2D eigenvalue weighted by molar-refractivity contribution is 5.78. The van der Waals surface area contributed by atoms with E-state index < -0.39 is 0 Å². The predicted octanol–water partition coefficient (Wildman–Crippen LogP) is 1.94. The van der Waals surface area contributed by atoms with Gasteiger partial charge in [0.25, 0.3) is 0 Å². The summed E-state index contributed by atoms with van der Waals surface area (Å²) in [6, 6.07) is 8.16. The summed E-state index contributed by atoms with van der Waals surface area (Å²) in [6.07, 6.45) is 3.17. The molecule has 0 bridgehead atoms. The number of benzene rings is 1. The Bertz CT molecular complexity index is 889. The molecule has 0 N–H and O–H groups in total. The zero-order chi connectivity index (χ0) is 20.4. The fourth-order valence-electron chi connectivity index (χ4n) is 4.36. The minimum absolute atomic E-state index is 0.123. The zero-order valence-electron chi connectivity index (χ0n) is 17.3. The Hall–Kier alpha value is -2.70. The Balaban J connectivity index is 1.42. The van der Waals surface area contributed by atoms with Crippen molar-refractivity contribution in [3.8, 4) is 0 Å². The molecule has 2 amide bonds. The molecule has 0 spiro atoms. The van der Waals surface area contributed by atoms with E-state index in [1.165, 1.54) is 5.56 Å². The molecule has 7 nitrogen and oxygen atoms in total. The summed E-state index contributed by atoms with van der Waals surface area (Å²) in [5.74, 6) is 2.43. The zero-order valence-corrected chi connectivity index (χ0v) is 17.3. The molecular formula is C22H29N5O2. The van der Waals surface area contributed by atoms with Gasteiger partial charge in [-0.05, 0) is 25.3 Å². The molecule has 1 aromatic heterocycles. The molecule has 0 saturated carbocycles. The Morgan fingerprint density at radius 3 is 2.59 bits per heavy atom. The molecule has 1 aromatic carbocycles. The molecule has 3 heterocycles. The number of aromatic nitrogens is 3. The van der Waals surface area contributed by atoms with Crippen molar-refractivity contribution in [1.29, 1.82) is 0 Å². The number of carbonyl (C=O) groups is 2. The second-order valence-corrected chi connectivity index (χ2v) is 8.22. The fraction of sp³-hybridized carbons (Fsp3) is 0.545. The van der Waals surface area contributed by atoms with E-state index >= 15 is 0 Å². The van der Waals surface area contributed by atoms with Crippen LogP contribution in [0.2, 0.25) is 0 Å². The molecule has 2 aliphatic rings. The maximum Gasteiger partial charge on any atom is 0.227 e. The lowest BCUT2D eigenvalue weighted by Gasteiger charge is -2.31. The van der Waals surface area contributed by atoms with E-state index in [1.807, 2.05) is 34.1 Å². The quantitative estimate of drug-likeness (QED) is 0.796. The number of hydrogen-bond acceptors (Lipinski definition) is 4. The van der Waals surface area contributed by atoms with Gasteiger partial charge < -0.3 is 14.4 Å². The number of carbonyl (C=O) groups excluding carboxylic acids is 2. The van der Waals surface area contributed by atoms with Gasteiger partial charge in [-0.15, -0.1) is 10.2 Å². The third-order valence-corrected chi connectivity index (χ3v) is 6.12. The Labute approximate surface area is 171 Å². The van der Waals surface area contributed by atoms with E-state index in [0.717, 1.165) is 43.0 Å². The molecule has 7 heteroatoms. The van der Waals surface area contributed by atoms with E-state index in [4.69, 9.17) is 0 Å². The molecule has 1 fully saturated rings. The Morgan fingerprint density at radius 2 is 1.83 bits per heavy atom. The molecule has 0 aliphatic carbocycles. The van der Waals surface area contributed by atoms with Gasteiger partial charge in [0, 0.05) is 52.0 Å². The van der Waals surface area contributed by atoms with Crippen molar-refractivity contribution in [2.24, 2.45) is 0 Å². The summed E-state index contributed by atoms with van der Waals surface area (Å²) >= 11 is 0. The summed E-state index contributed by atoms with van der Waals surface area (Å²) in [7, 11) is 0. The molecule has 1 atom stereocenters. The van der Waals surface area contributed by atoms with Crippen molar-refractivity contribution in [3.05, 3.63) is 47.0 Å². The molecule has 4 rings (SSSR count). The van der Waals surface area contributed by atoms with E-state index in [1.54, 1.807) is 6.92 Å². The van der Waals surface area contributed by atoms with Crippen molar-refractivity contribution < 1.29 is 9.59 Å². The molecule has 154 valence electrons. The number of rotatable bonds is 3. The molecule has 2 aliphatic heterocycles. The summed E-state index contributed by atoms with van der Waals surface area (Å²) in [6.45, 7) is 7.28. The van der Waals surface area contributed by atoms with Crippen molar-refractivity contribution in [3.63, 3.8) is 0 Å². The largest absolute Gasteiger partial charge is 0.342 e. The van der Waals surface area contributed by atoms with Crippen LogP contribution in [0.15, 0.2) is 24.3 Å². The van der Waals surface area contributed by atoms with Gasteiger partial charge in [0.2, 0.25) is 11.8 Å². The predicted molar refractivity (Wildman–Crippen MR) is 109 cm³/mol. The van der Waals surface area contributed by atoms with Crippen molar-refractivity contribution in [1.82, 2.24) is 24.6 Å². The van der Waals surface area contributed by atoms with Crippen molar-refractivity contribution in [2.75, 3.05) is 26.2 Å². The molecule has 29 heavy (non-hydrogen) atoms. The number of aryl methyl sites for hydroxylation is 1. The second-order valence-electron chi connectivity index (χ2n) is 8.22. The van der Waals surface area contributed by atoms with E-state index in [2.05, 4.69) is 21.7 Å². The van der Waals surface area contributed by atoms with Crippen LogP contribution in [-0.2, 0) is 29.0 Å². The van der Waals surface area contributed by atoms with Crippen LogP contribution in [-0.4, -0.2) is 62.6 Å². The maximum atomic E-state index is 12.8. The first-order chi connectivity index (χ1) is 14.0. The highest BCUT2D eigenvalue weighted by Gasteiger charge is 2.29.